The second-order valence-electron chi connectivity index (χ2n) is 7.68. The van der Waals surface area contributed by atoms with Gasteiger partial charge in [0, 0.05) is 19.3 Å². The van der Waals surface area contributed by atoms with Gasteiger partial charge >= 0.3 is 12.1 Å². The van der Waals surface area contributed by atoms with Crippen LogP contribution in [0.1, 0.15) is 31.9 Å². The summed E-state index contributed by atoms with van der Waals surface area (Å²) in [6, 6.07) is 15.4. The van der Waals surface area contributed by atoms with Gasteiger partial charge in [0.25, 0.3) is 0 Å². The SMILES string of the molecule is CN1Cc2ccc(NC(=O)OC(C)(C)C)cc2N(Cc2ccccc2)C1=O. The van der Waals surface area contributed by atoms with Crippen LogP contribution in [0.4, 0.5) is 21.0 Å². The molecule has 0 saturated carbocycles. The Labute approximate surface area is 159 Å². The molecule has 2 aromatic carbocycles. The first-order valence-electron chi connectivity index (χ1n) is 8.92. The first kappa shape index (κ1) is 18.8. The minimum Gasteiger partial charge on any atom is -0.444 e. The Morgan fingerprint density at radius 1 is 1.15 bits per heavy atom. The van der Waals surface area contributed by atoms with Crippen molar-refractivity contribution in [2.45, 2.75) is 39.5 Å². The molecule has 0 saturated heterocycles. The predicted octanol–water partition coefficient (Wildman–Crippen LogP) is 4.61. The lowest BCUT2D eigenvalue weighted by Crippen LogP contribution is -2.44. The normalized spacial score (nSPS) is 14.0. The first-order valence-corrected chi connectivity index (χ1v) is 8.92. The highest BCUT2D eigenvalue weighted by Gasteiger charge is 2.28. The summed E-state index contributed by atoms with van der Waals surface area (Å²) >= 11 is 0. The summed E-state index contributed by atoms with van der Waals surface area (Å²) in [6.07, 6.45) is -0.517. The Morgan fingerprint density at radius 2 is 1.85 bits per heavy atom. The van der Waals surface area contributed by atoms with Gasteiger partial charge in [-0.15, -0.1) is 0 Å². The van der Waals surface area contributed by atoms with Gasteiger partial charge in [-0.05, 0) is 44.0 Å². The van der Waals surface area contributed by atoms with Gasteiger partial charge in [0.05, 0.1) is 12.2 Å². The van der Waals surface area contributed by atoms with Crippen molar-refractivity contribution >= 4 is 23.5 Å². The molecule has 0 spiro atoms. The fraction of sp³-hybridized carbons (Fsp3) is 0.333. The number of nitrogens with zero attached hydrogens (tertiary/aromatic N) is 2. The second-order valence-corrected chi connectivity index (χ2v) is 7.68. The van der Waals surface area contributed by atoms with E-state index in [-0.39, 0.29) is 6.03 Å². The quantitative estimate of drug-likeness (QED) is 0.862. The zero-order valence-corrected chi connectivity index (χ0v) is 16.2. The highest BCUT2D eigenvalue weighted by Crippen LogP contribution is 2.32. The molecule has 3 rings (SSSR count). The van der Waals surface area contributed by atoms with E-state index in [0.717, 1.165) is 16.8 Å². The molecule has 0 aliphatic carbocycles. The topological polar surface area (TPSA) is 61.9 Å². The summed E-state index contributed by atoms with van der Waals surface area (Å²) in [4.78, 5) is 28.2. The van der Waals surface area contributed by atoms with Gasteiger partial charge in [0.2, 0.25) is 0 Å². The molecule has 1 N–H and O–H groups in total. The molecule has 0 bridgehead atoms. The molecule has 0 aromatic heterocycles. The maximum atomic E-state index is 12.8. The van der Waals surface area contributed by atoms with Crippen LogP contribution in [-0.2, 0) is 17.8 Å². The molecule has 1 aliphatic heterocycles. The van der Waals surface area contributed by atoms with Crippen LogP contribution in [0.2, 0.25) is 0 Å². The lowest BCUT2D eigenvalue weighted by molar-refractivity contribution is 0.0636. The van der Waals surface area contributed by atoms with Gasteiger partial charge in [-0.25, -0.2) is 9.59 Å². The number of nitrogens with one attached hydrogen (secondary N) is 1. The van der Waals surface area contributed by atoms with Crippen molar-refractivity contribution in [2.75, 3.05) is 17.3 Å². The third-order valence-corrected chi connectivity index (χ3v) is 4.17. The fourth-order valence-corrected chi connectivity index (χ4v) is 3.00. The minimum absolute atomic E-state index is 0.0687. The molecule has 3 amide bonds. The maximum Gasteiger partial charge on any atom is 0.412 e. The van der Waals surface area contributed by atoms with Crippen molar-refractivity contribution in [3.63, 3.8) is 0 Å². The van der Waals surface area contributed by atoms with Crippen molar-refractivity contribution in [3.05, 3.63) is 59.7 Å². The zero-order valence-electron chi connectivity index (χ0n) is 16.2. The van der Waals surface area contributed by atoms with Crippen LogP contribution in [-0.4, -0.2) is 29.7 Å². The largest absolute Gasteiger partial charge is 0.444 e. The van der Waals surface area contributed by atoms with Crippen molar-refractivity contribution in [1.29, 1.82) is 0 Å². The van der Waals surface area contributed by atoms with Crippen LogP contribution < -0.4 is 10.2 Å². The molecule has 1 aliphatic rings. The van der Waals surface area contributed by atoms with E-state index >= 15 is 0 Å². The number of ether oxygens (including phenoxy) is 1. The van der Waals surface area contributed by atoms with Crippen molar-refractivity contribution in [3.8, 4) is 0 Å². The van der Waals surface area contributed by atoms with Gasteiger partial charge in [-0.1, -0.05) is 36.4 Å². The second kappa shape index (κ2) is 7.31. The summed E-state index contributed by atoms with van der Waals surface area (Å²) in [5.41, 5.74) is 2.89. The first-order chi connectivity index (χ1) is 12.7. The monoisotopic (exact) mass is 367 g/mol. The number of hydrogen-bond donors (Lipinski definition) is 1. The molecule has 6 heteroatoms. The van der Waals surface area contributed by atoms with Crippen LogP contribution in [0.3, 0.4) is 0 Å². The lowest BCUT2D eigenvalue weighted by atomic mass is 10.1. The molecule has 0 unspecified atom stereocenters. The third-order valence-electron chi connectivity index (χ3n) is 4.17. The number of anilines is 2. The van der Waals surface area contributed by atoms with E-state index < -0.39 is 11.7 Å². The average molecular weight is 367 g/mol. The van der Waals surface area contributed by atoms with Crippen LogP contribution >= 0.6 is 0 Å². The molecular weight excluding hydrogens is 342 g/mol. The number of carbonyl (C=O) groups is 2. The number of urea groups is 1. The standard InChI is InChI=1S/C21H25N3O3/c1-21(2,3)27-19(25)22-17-11-10-16-14-23(4)20(26)24(18(16)12-17)13-15-8-6-5-7-9-15/h5-12H,13-14H2,1-4H3,(H,22,25). The molecule has 1 heterocycles. The maximum absolute atomic E-state index is 12.8. The van der Waals surface area contributed by atoms with Crippen molar-refractivity contribution in [1.82, 2.24) is 4.90 Å². The highest BCUT2D eigenvalue weighted by atomic mass is 16.6. The van der Waals surface area contributed by atoms with Crippen LogP contribution in [0.25, 0.3) is 0 Å². The van der Waals surface area contributed by atoms with Gasteiger partial charge < -0.3 is 9.64 Å². The summed E-state index contributed by atoms with van der Waals surface area (Å²) in [5.74, 6) is 0. The molecule has 142 valence electrons. The van der Waals surface area contributed by atoms with Crippen LogP contribution in [0, 0.1) is 0 Å². The third kappa shape index (κ3) is 4.58. The molecule has 0 atom stereocenters. The van der Waals surface area contributed by atoms with Crippen molar-refractivity contribution in [2.24, 2.45) is 0 Å². The molecule has 0 fully saturated rings. The Bertz CT molecular complexity index is 843. The number of benzene rings is 2. The van der Waals surface area contributed by atoms with E-state index in [0.29, 0.717) is 18.8 Å². The summed E-state index contributed by atoms with van der Waals surface area (Å²) in [5, 5.41) is 2.75. The van der Waals surface area contributed by atoms with E-state index in [9.17, 15) is 9.59 Å². The lowest BCUT2D eigenvalue weighted by Gasteiger charge is -2.35. The average Bonchev–Trinajstić information content (AvgIpc) is 2.58. The molecule has 0 radical (unpaired) electrons. The molecule has 2 aromatic rings. The van der Waals surface area contributed by atoms with Gasteiger partial charge in [-0.2, -0.15) is 0 Å². The molecular formula is C21H25N3O3. The summed E-state index contributed by atoms with van der Waals surface area (Å²) in [7, 11) is 1.79. The Balaban J connectivity index is 1.87. The van der Waals surface area contributed by atoms with Gasteiger partial charge in [-0.3, -0.25) is 10.2 Å². The van der Waals surface area contributed by atoms with E-state index in [2.05, 4.69) is 5.32 Å². The zero-order chi connectivity index (χ0) is 19.6. The van der Waals surface area contributed by atoms with E-state index in [4.69, 9.17) is 4.74 Å². The Kier molecular flexibility index (Phi) is 5.08. The molecule has 6 nitrogen and oxygen atoms in total. The number of carbonyl (C=O) groups excluding carboxylic acids is 2. The Hall–Kier alpha value is -3.02. The number of fused-ring (bicyclic) bond motifs is 1. The van der Waals surface area contributed by atoms with Crippen LogP contribution in [0.15, 0.2) is 48.5 Å². The van der Waals surface area contributed by atoms with E-state index in [1.807, 2.05) is 69.3 Å². The molecule has 27 heavy (non-hydrogen) atoms. The van der Waals surface area contributed by atoms with Crippen molar-refractivity contribution < 1.29 is 14.3 Å². The van der Waals surface area contributed by atoms with Gasteiger partial charge in [0.1, 0.15) is 5.60 Å². The van der Waals surface area contributed by atoms with Gasteiger partial charge in [0.15, 0.2) is 0 Å². The minimum atomic E-state index is -0.573. The highest BCUT2D eigenvalue weighted by molar-refractivity contribution is 5.96. The predicted molar refractivity (Wildman–Crippen MR) is 106 cm³/mol. The Morgan fingerprint density at radius 3 is 2.52 bits per heavy atom. The van der Waals surface area contributed by atoms with Crippen LogP contribution in [0.5, 0.6) is 0 Å². The fourth-order valence-electron chi connectivity index (χ4n) is 3.00. The van der Waals surface area contributed by atoms with E-state index in [1.165, 1.54) is 0 Å². The number of amides is 3. The smallest absolute Gasteiger partial charge is 0.412 e. The number of hydrogen-bond acceptors (Lipinski definition) is 3. The number of rotatable bonds is 3. The van der Waals surface area contributed by atoms with E-state index in [1.54, 1.807) is 16.8 Å². The summed E-state index contributed by atoms with van der Waals surface area (Å²) in [6.45, 7) is 6.44. The summed E-state index contributed by atoms with van der Waals surface area (Å²) < 4.78 is 5.31.